The van der Waals surface area contributed by atoms with Gasteiger partial charge < -0.3 is 9.80 Å². The maximum Gasteiger partial charge on any atom is 0.267 e. The molecule has 7 heteroatoms. The van der Waals surface area contributed by atoms with Crippen LogP contribution in [0.2, 0.25) is 0 Å². The molecule has 148 valence electrons. The number of hydrogen-bond acceptors (Lipinski definition) is 6. The summed E-state index contributed by atoms with van der Waals surface area (Å²) < 4.78 is 1.69. The lowest BCUT2D eigenvalue weighted by atomic mass is 9.97. The Morgan fingerprint density at radius 1 is 1.00 bits per heavy atom. The molecule has 0 amide bonds. The molecule has 0 N–H and O–H groups in total. The van der Waals surface area contributed by atoms with Gasteiger partial charge in [0, 0.05) is 32.1 Å². The van der Waals surface area contributed by atoms with E-state index in [0.29, 0.717) is 6.54 Å². The summed E-state index contributed by atoms with van der Waals surface area (Å²) >= 11 is 0. The fraction of sp³-hybridized carbons (Fsp3) is 0.619. The van der Waals surface area contributed by atoms with Gasteiger partial charge in [-0.3, -0.25) is 4.79 Å². The number of hydrogen-bond donors (Lipinski definition) is 0. The van der Waals surface area contributed by atoms with Gasteiger partial charge in [-0.2, -0.15) is 10.2 Å². The van der Waals surface area contributed by atoms with Crippen molar-refractivity contribution in [3.63, 3.8) is 0 Å². The molecule has 1 unspecified atom stereocenters. The third kappa shape index (κ3) is 3.32. The summed E-state index contributed by atoms with van der Waals surface area (Å²) in [6.45, 7) is 3.57. The minimum Gasteiger partial charge on any atom is -0.350 e. The van der Waals surface area contributed by atoms with E-state index in [2.05, 4.69) is 33.1 Å². The van der Waals surface area contributed by atoms with Crippen LogP contribution in [-0.4, -0.2) is 51.1 Å². The van der Waals surface area contributed by atoms with Crippen molar-refractivity contribution in [2.24, 2.45) is 0 Å². The smallest absolute Gasteiger partial charge is 0.267 e. The highest BCUT2D eigenvalue weighted by molar-refractivity contribution is 5.44. The van der Waals surface area contributed by atoms with Crippen LogP contribution in [0.1, 0.15) is 48.2 Å². The van der Waals surface area contributed by atoms with E-state index in [1.807, 2.05) is 6.07 Å². The second kappa shape index (κ2) is 7.28. The van der Waals surface area contributed by atoms with Crippen molar-refractivity contribution in [2.45, 2.75) is 64.1 Å². The summed E-state index contributed by atoms with van der Waals surface area (Å²) in [6.07, 6.45) is 7.47. The van der Waals surface area contributed by atoms with E-state index in [1.54, 1.807) is 4.68 Å². The lowest BCUT2D eigenvalue weighted by Gasteiger charge is -2.28. The molecule has 1 atom stereocenters. The van der Waals surface area contributed by atoms with Crippen LogP contribution < -0.4 is 10.5 Å². The average Bonchev–Trinajstić information content (AvgIpc) is 3.16. The van der Waals surface area contributed by atoms with E-state index >= 15 is 0 Å². The zero-order valence-corrected chi connectivity index (χ0v) is 16.6. The molecule has 3 aliphatic rings. The van der Waals surface area contributed by atoms with E-state index in [4.69, 9.17) is 5.10 Å². The van der Waals surface area contributed by atoms with Crippen LogP contribution in [0.15, 0.2) is 16.9 Å². The van der Waals surface area contributed by atoms with Crippen LogP contribution in [0, 0.1) is 0 Å². The quantitative estimate of drug-likeness (QED) is 0.805. The van der Waals surface area contributed by atoms with E-state index < -0.39 is 0 Å². The zero-order chi connectivity index (χ0) is 19.1. The molecule has 2 aliphatic heterocycles. The first kappa shape index (κ1) is 17.8. The first-order valence-corrected chi connectivity index (χ1v) is 10.6. The van der Waals surface area contributed by atoms with Crippen molar-refractivity contribution in [2.75, 3.05) is 25.0 Å². The molecule has 5 rings (SSSR count). The molecule has 7 nitrogen and oxygen atoms in total. The standard InChI is InChI=1S/C21H28N6O/c1-25-10-8-18-16(13-25)11-20(23-22-18)26-9-4-6-17(26)14-27-21(28)12-15-5-2-3-7-19(15)24-27/h11-12,17H,2-10,13-14H2,1H3. The second-order valence-corrected chi connectivity index (χ2v) is 8.50. The van der Waals surface area contributed by atoms with Gasteiger partial charge in [0.15, 0.2) is 5.82 Å². The molecule has 2 aromatic heterocycles. The van der Waals surface area contributed by atoms with Crippen molar-refractivity contribution < 1.29 is 0 Å². The Labute approximate surface area is 165 Å². The number of fused-ring (bicyclic) bond motifs is 2. The number of rotatable bonds is 3. The largest absolute Gasteiger partial charge is 0.350 e. The summed E-state index contributed by atoms with van der Waals surface area (Å²) in [6, 6.07) is 4.27. The Hall–Kier alpha value is -2.28. The second-order valence-electron chi connectivity index (χ2n) is 8.50. The Morgan fingerprint density at radius 3 is 2.82 bits per heavy atom. The van der Waals surface area contributed by atoms with Crippen LogP contribution >= 0.6 is 0 Å². The Bertz CT molecular complexity index is 939. The minimum absolute atomic E-state index is 0.0330. The highest BCUT2D eigenvalue weighted by Gasteiger charge is 2.28. The van der Waals surface area contributed by atoms with Crippen molar-refractivity contribution in [3.05, 3.63) is 45.0 Å². The molecule has 0 spiro atoms. The SMILES string of the molecule is CN1CCc2nnc(N3CCCC3Cn3nc4c(cc3=O)CCCC4)cc2C1. The van der Waals surface area contributed by atoms with Gasteiger partial charge >= 0.3 is 0 Å². The van der Waals surface area contributed by atoms with Crippen LogP contribution in [0.4, 0.5) is 5.82 Å². The van der Waals surface area contributed by atoms with Gasteiger partial charge in [-0.25, -0.2) is 4.68 Å². The summed E-state index contributed by atoms with van der Waals surface area (Å²) in [7, 11) is 2.15. The van der Waals surface area contributed by atoms with Crippen LogP contribution in [-0.2, 0) is 32.4 Å². The lowest BCUT2D eigenvalue weighted by Crippen LogP contribution is -2.38. The number of anilines is 1. The summed E-state index contributed by atoms with van der Waals surface area (Å²) in [5, 5.41) is 13.8. The van der Waals surface area contributed by atoms with Crippen molar-refractivity contribution >= 4 is 5.82 Å². The van der Waals surface area contributed by atoms with Gasteiger partial charge in [0.05, 0.1) is 24.0 Å². The van der Waals surface area contributed by atoms with Gasteiger partial charge in [-0.05, 0) is 62.8 Å². The normalized spacial score (nSPS) is 22.2. The predicted octanol–water partition coefficient (Wildman–Crippen LogP) is 1.57. The molecule has 1 fully saturated rings. The molecular weight excluding hydrogens is 352 g/mol. The van der Waals surface area contributed by atoms with Crippen molar-refractivity contribution in [3.8, 4) is 0 Å². The molecule has 4 heterocycles. The molecule has 0 bridgehead atoms. The Balaban J connectivity index is 1.39. The first-order chi connectivity index (χ1) is 13.7. The maximum absolute atomic E-state index is 12.6. The zero-order valence-electron chi connectivity index (χ0n) is 16.6. The van der Waals surface area contributed by atoms with Gasteiger partial charge in [0.1, 0.15) is 0 Å². The molecule has 0 radical (unpaired) electrons. The van der Waals surface area contributed by atoms with Crippen molar-refractivity contribution in [1.82, 2.24) is 24.9 Å². The first-order valence-electron chi connectivity index (χ1n) is 10.6. The summed E-state index contributed by atoms with van der Waals surface area (Å²) in [5.41, 5.74) is 4.72. The third-order valence-electron chi connectivity index (χ3n) is 6.45. The topological polar surface area (TPSA) is 67.2 Å². The Kier molecular flexibility index (Phi) is 4.62. The fourth-order valence-electron chi connectivity index (χ4n) is 4.86. The summed E-state index contributed by atoms with van der Waals surface area (Å²) in [4.78, 5) is 17.3. The molecular formula is C21H28N6O. The highest BCUT2D eigenvalue weighted by atomic mass is 16.1. The molecule has 0 aromatic carbocycles. The van der Waals surface area contributed by atoms with Crippen molar-refractivity contribution in [1.29, 1.82) is 0 Å². The predicted molar refractivity (Wildman–Crippen MR) is 108 cm³/mol. The maximum atomic E-state index is 12.6. The fourth-order valence-corrected chi connectivity index (χ4v) is 4.86. The van der Waals surface area contributed by atoms with Gasteiger partial charge in [-0.1, -0.05) is 0 Å². The number of aromatic nitrogens is 4. The average molecular weight is 380 g/mol. The molecule has 1 saturated heterocycles. The van der Waals surface area contributed by atoms with E-state index in [1.165, 1.54) is 18.4 Å². The van der Waals surface area contributed by atoms with Crippen LogP contribution in [0.25, 0.3) is 0 Å². The third-order valence-corrected chi connectivity index (χ3v) is 6.45. The Morgan fingerprint density at radius 2 is 1.89 bits per heavy atom. The van der Waals surface area contributed by atoms with Gasteiger partial charge in [-0.15, -0.1) is 5.10 Å². The van der Waals surface area contributed by atoms with E-state index in [9.17, 15) is 4.79 Å². The van der Waals surface area contributed by atoms with E-state index in [-0.39, 0.29) is 11.6 Å². The molecule has 0 saturated carbocycles. The minimum atomic E-state index is 0.0330. The van der Waals surface area contributed by atoms with Gasteiger partial charge in [0.2, 0.25) is 0 Å². The van der Waals surface area contributed by atoms with Crippen LogP contribution in [0.5, 0.6) is 0 Å². The molecule has 28 heavy (non-hydrogen) atoms. The lowest BCUT2D eigenvalue weighted by molar-refractivity contribution is 0.308. The monoisotopic (exact) mass is 380 g/mol. The summed E-state index contributed by atoms with van der Waals surface area (Å²) in [5.74, 6) is 0.947. The van der Waals surface area contributed by atoms with Crippen LogP contribution in [0.3, 0.4) is 0 Å². The molecule has 1 aliphatic carbocycles. The highest BCUT2D eigenvalue weighted by Crippen LogP contribution is 2.27. The number of aryl methyl sites for hydroxylation is 2. The number of likely N-dealkylation sites (N-methyl/N-ethyl adjacent to an activating group) is 1. The molecule has 2 aromatic rings. The van der Waals surface area contributed by atoms with Gasteiger partial charge in [0.25, 0.3) is 5.56 Å². The number of nitrogens with zero attached hydrogens (tertiary/aromatic N) is 6. The van der Waals surface area contributed by atoms with E-state index in [0.717, 1.165) is 74.5 Å².